The van der Waals surface area contributed by atoms with Gasteiger partial charge in [-0.15, -0.1) is 0 Å². The van der Waals surface area contributed by atoms with Crippen molar-refractivity contribution < 1.29 is 13.2 Å². The van der Waals surface area contributed by atoms with Gasteiger partial charge in [0.15, 0.2) is 5.03 Å². The second kappa shape index (κ2) is 8.17. The van der Waals surface area contributed by atoms with Gasteiger partial charge in [0.25, 0.3) is 10.0 Å². The molecule has 4 rings (SSSR count). The average molecular weight is 436 g/mol. The summed E-state index contributed by atoms with van der Waals surface area (Å²) in [5, 5.41) is 8.08. The maximum atomic E-state index is 12.7. The number of rotatable bonds is 7. The fourth-order valence-corrected chi connectivity index (χ4v) is 5.05. The van der Waals surface area contributed by atoms with E-state index < -0.39 is 10.0 Å². The molecule has 1 aliphatic rings. The van der Waals surface area contributed by atoms with Crippen molar-refractivity contribution in [2.45, 2.75) is 23.8 Å². The number of nitrogens with zero attached hydrogens (tertiary/aromatic N) is 4. The molecule has 3 aromatic rings. The summed E-state index contributed by atoms with van der Waals surface area (Å²) in [6.45, 7) is 1.33. The van der Waals surface area contributed by atoms with Crippen LogP contribution in [0.2, 0.25) is 5.02 Å². The van der Waals surface area contributed by atoms with Crippen molar-refractivity contribution in [1.29, 1.82) is 0 Å². The Morgan fingerprint density at radius 3 is 2.93 bits per heavy atom. The summed E-state index contributed by atoms with van der Waals surface area (Å²) >= 11 is 6.09. The topological polar surface area (TPSA) is 93.1 Å². The van der Waals surface area contributed by atoms with Crippen LogP contribution in [-0.4, -0.2) is 52.2 Å². The van der Waals surface area contributed by atoms with Gasteiger partial charge in [-0.25, -0.2) is 13.4 Å². The fraction of sp³-hybridized carbons (Fsp3) is 0.368. The molecule has 1 atom stereocenters. The van der Waals surface area contributed by atoms with Crippen LogP contribution in [-0.2, 0) is 23.5 Å². The van der Waals surface area contributed by atoms with Crippen LogP contribution in [0.1, 0.15) is 23.7 Å². The third kappa shape index (κ3) is 4.31. The largest absolute Gasteiger partial charge is 0.492 e. The first-order valence-electron chi connectivity index (χ1n) is 9.33. The smallest absolute Gasteiger partial charge is 0.262 e. The van der Waals surface area contributed by atoms with Crippen LogP contribution in [0.5, 0.6) is 5.75 Å². The van der Waals surface area contributed by atoms with E-state index in [1.54, 1.807) is 17.7 Å². The summed E-state index contributed by atoms with van der Waals surface area (Å²) < 4.78 is 34.3. The van der Waals surface area contributed by atoms with Crippen LogP contribution in [0.15, 0.2) is 47.9 Å². The molecule has 0 saturated carbocycles. The van der Waals surface area contributed by atoms with E-state index in [9.17, 15) is 8.42 Å². The van der Waals surface area contributed by atoms with Crippen molar-refractivity contribution in [3.63, 3.8) is 0 Å². The number of aromatic nitrogens is 4. The van der Waals surface area contributed by atoms with E-state index in [4.69, 9.17) is 16.3 Å². The first-order valence-corrected chi connectivity index (χ1v) is 11.1. The molecule has 8 nitrogen and oxygen atoms in total. The molecule has 0 bridgehead atoms. The Morgan fingerprint density at radius 1 is 1.34 bits per heavy atom. The Kier molecular flexibility index (Phi) is 5.62. The third-order valence-electron chi connectivity index (χ3n) is 4.97. The van der Waals surface area contributed by atoms with Crippen LogP contribution in [0.25, 0.3) is 0 Å². The summed E-state index contributed by atoms with van der Waals surface area (Å²) in [6.07, 6.45) is 4.40. The van der Waals surface area contributed by atoms with Crippen molar-refractivity contribution in [2.24, 2.45) is 7.05 Å². The number of H-pyrrole nitrogens is 1. The molecule has 1 saturated heterocycles. The van der Waals surface area contributed by atoms with Gasteiger partial charge in [0.2, 0.25) is 0 Å². The van der Waals surface area contributed by atoms with Crippen LogP contribution < -0.4 is 4.74 Å². The molecule has 1 aliphatic heterocycles. The Hall–Kier alpha value is -2.36. The van der Waals surface area contributed by atoms with E-state index >= 15 is 0 Å². The lowest BCUT2D eigenvalue weighted by atomic mass is 10.0. The molecule has 1 aromatic carbocycles. The normalized spacial score (nSPS) is 17.7. The Labute approximate surface area is 174 Å². The molecule has 0 radical (unpaired) electrons. The number of halogens is 1. The van der Waals surface area contributed by atoms with Gasteiger partial charge in [0.1, 0.15) is 5.75 Å². The lowest BCUT2D eigenvalue weighted by Gasteiger charge is -2.14. The number of benzene rings is 1. The van der Waals surface area contributed by atoms with Crippen molar-refractivity contribution in [2.75, 3.05) is 19.7 Å². The lowest BCUT2D eigenvalue weighted by Crippen LogP contribution is -2.29. The van der Waals surface area contributed by atoms with Crippen molar-refractivity contribution in [1.82, 2.24) is 24.1 Å². The second-order valence-electron chi connectivity index (χ2n) is 7.07. The fourth-order valence-electron chi connectivity index (χ4n) is 3.39. The van der Waals surface area contributed by atoms with Crippen molar-refractivity contribution in [3.8, 4) is 5.75 Å². The number of sulfonamides is 1. The molecular formula is C19H22ClN5O3S. The van der Waals surface area contributed by atoms with Gasteiger partial charge in [0, 0.05) is 44.4 Å². The van der Waals surface area contributed by atoms with Crippen molar-refractivity contribution >= 4 is 21.6 Å². The monoisotopic (exact) mass is 435 g/mol. The first-order chi connectivity index (χ1) is 13.9. The maximum Gasteiger partial charge on any atom is 0.262 e. The van der Waals surface area contributed by atoms with E-state index in [1.165, 1.54) is 16.8 Å². The minimum Gasteiger partial charge on any atom is -0.492 e. The quantitative estimate of drug-likeness (QED) is 0.615. The van der Waals surface area contributed by atoms with Crippen molar-refractivity contribution in [3.05, 3.63) is 59.3 Å². The van der Waals surface area contributed by atoms with E-state index in [1.807, 2.05) is 24.3 Å². The molecule has 154 valence electrons. The Morgan fingerprint density at radius 2 is 2.17 bits per heavy atom. The van der Waals surface area contributed by atoms with Crippen LogP contribution >= 0.6 is 11.6 Å². The van der Waals surface area contributed by atoms with E-state index in [-0.39, 0.29) is 10.9 Å². The average Bonchev–Trinajstić information content (AvgIpc) is 3.43. The molecule has 2 aromatic heterocycles. The highest BCUT2D eigenvalue weighted by atomic mass is 35.5. The van der Waals surface area contributed by atoms with E-state index in [0.29, 0.717) is 36.9 Å². The molecule has 1 fully saturated rings. The molecule has 1 N–H and O–H groups in total. The second-order valence-corrected chi connectivity index (χ2v) is 9.36. The van der Waals surface area contributed by atoms with Gasteiger partial charge >= 0.3 is 0 Å². The highest BCUT2D eigenvalue weighted by molar-refractivity contribution is 7.89. The molecular weight excluding hydrogens is 414 g/mol. The van der Waals surface area contributed by atoms with Gasteiger partial charge < -0.3 is 9.30 Å². The summed E-state index contributed by atoms with van der Waals surface area (Å²) in [5.74, 6) is 0.711. The molecule has 29 heavy (non-hydrogen) atoms. The number of hydrogen-bond acceptors (Lipinski definition) is 5. The number of imidazole rings is 1. The van der Waals surface area contributed by atoms with Gasteiger partial charge in [-0.2, -0.15) is 9.40 Å². The minimum absolute atomic E-state index is 0.0583. The summed E-state index contributed by atoms with van der Waals surface area (Å²) in [5.41, 5.74) is 1.81. The number of hydrogen-bond donors (Lipinski definition) is 1. The predicted octanol–water partition coefficient (Wildman–Crippen LogP) is 2.60. The minimum atomic E-state index is -3.57. The summed E-state index contributed by atoms with van der Waals surface area (Å²) in [4.78, 5) is 3.99. The molecule has 0 amide bonds. The Balaban J connectivity index is 1.35. The molecule has 0 spiro atoms. The summed E-state index contributed by atoms with van der Waals surface area (Å²) in [7, 11) is -1.82. The molecule has 3 heterocycles. The lowest BCUT2D eigenvalue weighted by molar-refractivity contribution is 0.320. The zero-order valence-electron chi connectivity index (χ0n) is 16.0. The van der Waals surface area contributed by atoms with Crippen LogP contribution in [0.4, 0.5) is 0 Å². The SMILES string of the molecule is Cn1cnc(S(=O)(=O)N2CC[C@@H](c3cc(CCOc4ccccc4Cl)[nH]n3)C2)c1. The first kappa shape index (κ1) is 19.9. The number of aromatic amines is 1. The van der Waals surface area contributed by atoms with Crippen LogP contribution in [0.3, 0.4) is 0 Å². The standard InChI is InChI=1S/C19H22ClN5O3S/c1-24-12-19(21-13-24)29(26,27)25-8-6-14(11-25)17-10-15(22-23-17)7-9-28-18-5-3-2-4-16(18)20/h2-5,10,12-14H,6-9,11H2,1H3,(H,22,23)/t14-/m1/s1. The molecule has 10 heteroatoms. The number of aryl methyl sites for hydroxylation is 1. The van der Waals surface area contributed by atoms with E-state index in [2.05, 4.69) is 15.2 Å². The third-order valence-corrected chi connectivity index (χ3v) is 7.03. The predicted molar refractivity (Wildman–Crippen MR) is 109 cm³/mol. The maximum absolute atomic E-state index is 12.7. The zero-order chi connectivity index (χ0) is 20.4. The zero-order valence-corrected chi connectivity index (χ0v) is 17.5. The Bertz CT molecular complexity index is 1090. The number of ether oxygens (including phenoxy) is 1. The van der Waals surface area contributed by atoms with Gasteiger partial charge in [-0.05, 0) is 24.6 Å². The highest BCUT2D eigenvalue weighted by Crippen LogP contribution is 2.30. The highest BCUT2D eigenvalue weighted by Gasteiger charge is 2.35. The number of nitrogens with one attached hydrogen (secondary N) is 1. The molecule has 0 unspecified atom stereocenters. The summed E-state index contributed by atoms with van der Waals surface area (Å²) in [6, 6.07) is 9.33. The number of para-hydroxylation sites is 1. The van der Waals surface area contributed by atoms with Gasteiger partial charge in [-0.1, -0.05) is 23.7 Å². The van der Waals surface area contributed by atoms with E-state index in [0.717, 1.165) is 17.8 Å². The van der Waals surface area contributed by atoms with Gasteiger partial charge in [-0.3, -0.25) is 5.10 Å². The van der Waals surface area contributed by atoms with Crippen LogP contribution in [0, 0.1) is 0 Å². The van der Waals surface area contributed by atoms with Gasteiger partial charge in [0.05, 0.1) is 23.7 Å². The molecule has 0 aliphatic carbocycles.